The fourth-order valence-electron chi connectivity index (χ4n) is 8.38. The van der Waals surface area contributed by atoms with Gasteiger partial charge in [-0.15, -0.1) is 0 Å². The summed E-state index contributed by atoms with van der Waals surface area (Å²) in [5, 5.41) is 7.75. The second-order valence-corrected chi connectivity index (χ2v) is 16.4. The summed E-state index contributed by atoms with van der Waals surface area (Å²) >= 11 is 0.368. The average Bonchev–Trinajstić information content (AvgIpc) is 3.80. The molecule has 3 heteroatoms. The van der Waals surface area contributed by atoms with Crippen LogP contribution in [0.15, 0.2) is 206 Å². The number of para-hydroxylation sites is 2. The van der Waals surface area contributed by atoms with Crippen molar-refractivity contribution in [3.63, 3.8) is 0 Å². The van der Waals surface area contributed by atoms with Gasteiger partial charge >= 0.3 is 181 Å². The zero-order valence-corrected chi connectivity index (χ0v) is 31.6. The predicted octanol–water partition coefficient (Wildman–Crippen LogP) is 14.1. The van der Waals surface area contributed by atoms with Gasteiger partial charge in [0.1, 0.15) is 0 Å². The Balaban J connectivity index is 1.05. The van der Waals surface area contributed by atoms with E-state index in [1.807, 2.05) is 0 Å². The van der Waals surface area contributed by atoms with E-state index in [1.165, 1.54) is 74.1 Å². The standard InChI is InChI=1S/C52H34N2Se/c1-2-13-39(14-3-1)54-49-19-8-6-16-45(49)47-34-42(30-31-50(47)54)53(41-28-23-37(24-29-41)44-18-10-12-36-11-4-5-15-43(36)44)40-26-21-35(22-27-40)38-25-32-52-48(33-38)46-17-7-9-20-51(46)55-52/h1-34H. The van der Waals surface area contributed by atoms with Gasteiger partial charge in [0.2, 0.25) is 0 Å². The molecule has 0 radical (unpaired) electrons. The van der Waals surface area contributed by atoms with Crippen molar-refractivity contribution in [2.45, 2.75) is 0 Å². The van der Waals surface area contributed by atoms with Gasteiger partial charge < -0.3 is 4.57 Å². The van der Waals surface area contributed by atoms with Gasteiger partial charge in [-0.3, -0.25) is 0 Å². The molecule has 2 heterocycles. The number of fused-ring (bicyclic) bond motifs is 7. The van der Waals surface area contributed by atoms with E-state index in [0.717, 1.165) is 22.7 Å². The fraction of sp³-hybridized carbons (Fsp3) is 0. The summed E-state index contributed by atoms with van der Waals surface area (Å²) in [6, 6.07) is 75.6. The molecule has 2 aromatic heterocycles. The maximum atomic E-state index is 2.40. The van der Waals surface area contributed by atoms with Crippen LogP contribution in [-0.4, -0.2) is 19.1 Å². The zero-order valence-electron chi connectivity index (χ0n) is 29.9. The van der Waals surface area contributed by atoms with Crippen molar-refractivity contribution in [2.75, 3.05) is 4.90 Å². The Morgan fingerprint density at radius 3 is 1.76 bits per heavy atom. The van der Waals surface area contributed by atoms with E-state index in [9.17, 15) is 0 Å². The monoisotopic (exact) mass is 766 g/mol. The van der Waals surface area contributed by atoms with Crippen LogP contribution in [0.3, 0.4) is 0 Å². The number of nitrogens with zero attached hydrogens (tertiary/aromatic N) is 2. The number of hydrogen-bond acceptors (Lipinski definition) is 1. The Bertz CT molecular complexity index is 3180. The molecule has 2 nitrogen and oxygen atoms in total. The summed E-state index contributed by atoms with van der Waals surface area (Å²) in [5.74, 6) is 0. The molecule has 11 aromatic rings. The molecule has 0 saturated heterocycles. The Morgan fingerprint density at radius 2 is 0.945 bits per heavy atom. The first-order valence-corrected chi connectivity index (χ1v) is 20.5. The van der Waals surface area contributed by atoms with Gasteiger partial charge in [-0.25, -0.2) is 0 Å². The molecule has 0 saturated carbocycles. The van der Waals surface area contributed by atoms with E-state index in [-0.39, 0.29) is 0 Å². The van der Waals surface area contributed by atoms with Crippen molar-refractivity contribution >= 4 is 83.4 Å². The zero-order chi connectivity index (χ0) is 36.3. The molecule has 9 aromatic carbocycles. The van der Waals surface area contributed by atoms with E-state index in [4.69, 9.17) is 0 Å². The number of rotatable bonds is 6. The minimum absolute atomic E-state index is 0.368. The van der Waals surface area contributed by atoms with Gasteiger partial charge in [-0.1, -0.05) is 78.9 Å². The third-order valence-electron chi connectivity index (χ3n) is 11.0. The van der Waals surface area contributed by atoms with E-state index >= 15 is 0 Å². The molecule has 0 spiro atoms. The van der Waals surface area contributed by atoms with Crippen LogP contribution in [0.1, 0.15) is 0 Å². The number of anilines is 3. The SMILES string of the molecule is c1ccc(-n2c3ccccc3c3cc(N(c4ccc(-c5ccc6[se]c7ccccc7c6c5)cc4)c4ccc(-c5cccc6ccccc56)cc4)ccc32)cc1. The summed E-state index contributed by atoms with van der Waals surface area (Å²) in [4.78, 5) is 2.40. The van der Waals surface area contributed by atoms with E-state index < -0.39 is 0 Å². The van der Waals surface area contributed by atoms with Gasteiger partial charge in [-0.2, -0.15) is 0 Å². The van der Waals surface area contributed by atoms with Crippen LogP contribution < -0.4 is 4.90 Å². The van der Waals surface area contributed by atoms with Crippen molar-refractivity contribution in [1.82, 2.24) is 4.57 Å². The van der Waals surface area contributed by atoms with Gasteiger partial charge in [0, 0.05) is 11.1 Å². The minimum Gasteiger partial charge on any atom is -0.0602 e. The molecule has 0 aliphatic rings. The topological polar surface area (TPSA) is 8.17 Å². The predicted molar refractivity (Wildman–Crippen MR) is 236 cm³/mol. The molecule has 0 amide bonds. The van der Waals surface area contributed by atoms with Crippen LogP contribution >= 0.6 is 0 Å². The first-order chi connectivity index (χ1) is 27.3. The normalized spacial score (nSPS) is 11.6. The van der Waals surface area contributed by atoms with Crippen molar-refractivity contribution in [3.05, 3.63) is 206 Å². The fourth-order valence-corrected chi connectivity index (χ4v) is 10.7. The quantitative estimate of drug-likeness (QED) is 0.153. The molecule has 0 fully saturated rings. The second-order valence-electron chi connectivity index (χ2n) is 14.2. The summed E-state index contributed by atoms with van der Waals surface area (Å²) in [5.41, 5.74) is 11.8. The molecular formula is C52H34N2Se. The molecule has 258 valence electrons. The van der Waals surface area contributed by atoms with E-state index in [1.54, 1.807) is 0 Å². The minimum atomic E-state index is 0.368. The Hall–Kier alpha value is -6.64. The van der Waals surface area contributed by atoms with Crippen LogP contribution in [0.25, 0.3) is 79.8 Å². The molecule has 0 aliphatic carbocycles. The summed E-state index contributed by atoms with van der Waals surface area (Å²) in [7, 11) is 0. The smallest absolute Gasteiger partial charge is 0.0602 e. The summed E-state index contributed by atoms with van der Waals surface area (Å²) in [6.07, 6.45) is 0. The molecule has 0 bridgehead atoms. The molecule has 0 N–H and O–H groups in total. The number of benzene rings is 9. The van der Waals surface area contributed by atoms with Crippen LogP contribution in [0.2, 0.25) is 0 Å². The first-order valence-electron chi connectivity index (χ1n) is 18.8. The Labute approximate surface area is 325 Å². The summed E-state index contributed by atoms with van der Waals surface area (Å²) in [6.45, 7) is 0. The first kappa shape index (κ1) is 31.8. The molecule has 55 heavy (non-hydrogen) atoms. The molecule has 0 atom stereocenters. The van der Waals surface area contributed by atoms with Gasteiger partial charge in [-0.05, 0) is 40.1 Å². The van der Waals surface area contributed by atoms with E-state index in [0.29, 0.717) is 14.5 Å². The van der Waals surface area contributed by atoms with Crippen molar-refractivity contribution in [1.29, 1.82) is 0 Å². The summed E-state index contributed by atoms with van der Waals surface area (Å²) < 4.78 is 5.32. The third-order valence-corrected chi connectivity index (χ3v) is 13.4. The Morgan fingerprint density at radius 1 is 0.345 bits per heavy atom. The second kappa shape index (κ2) is 13.0. The van der Waals surface area contributed by atoms with Crippen LogP contribution in [0.4, 0.5) is 17.1 Å². The molecule has 0 unspecified atom stereocenters. The molecular weight excluding hydrogens is 732 g/mol. The number of hydrogen-bond donors (Lipinski definition) is 0. The Kier molecular flexibility index (Phi) is 7.55. The molecule has 0 aliphatic heterocycles. The van der Waals surface area contributed by atoms with Crippen molar-refractivity contribution in [3.8, 4) is 27.9 Å². The molecule has 11 rings (SSSR count). The average molecular weight is 766 g/mol. The van der Waals surface area contributed by atoms with Crippen LogP contribution in [0, 0.1) is 0 Å². The maximum absolute atomic E-state index is 2.40. The number of aromatic nitrogens is 1. The van der Waals surface area contributed by atoms with Crippen LogP contribution in [-0.2, 0) is 0 Å². The van der Waals surface area contributed by atoms with Gasteiger partial charge in [0.25, 0.3) is 0 Å². The van der Waals surface area contributed by atoms with Crippen LogP contribution in [0.5, 0.6) is 0 Å². The van der Waals surface area contributed by atoms with Crippen molar-refractivity contribution < 1.29 is 0 Å². The third kappa shape index (κ3) is 5.40. The van der Waals surface area contributed by atoms with Crippen molar-refractivity contribution in [2.24, 2.45) is 0 Å². The van der Waals surface area contributed by atoms with E-state index in [2.05, 4.69) is 216 Å². The van der Waals surface area contributed by atoms with Gasteiger partial charge in [0.15, 0.2) is 0 Å². The van der Waals surface area contributed by atoms with Gasteiger partial charge in [0.05, 0.1) is 11.0 Å².